The molecule has 0 unspecified atom stereocenters. The van der Waals surface area contributed by atoms with Gasteiger partial charge in [-0.3, -0.25) is 0 Å². The third kappa shape index (κ3) is 3.12. The summed E-state index contributed by atoms with van der Waals surface area (Å²) in [6.07, 6.45) is 0. The normalized spacial score (nSPS) is 11.5. The molecule has 2 aromatic carbocycles. The van der Waals surface area contributed by atoms with E-state index >= 15 is 0 Å². The highest BCUT2D eigenvalue weighted by Gasteiger charge is 2.16. The van der Waals surface area contributed by atoms with E-state index in [1.807, 2.05) is 6.92 Å². The van der Waals surface area contributed by atoms with E-state index in [4.69, 9.17) is 5.73 Å². The number of nitrogens with two attached hydrogens (primary N) is 1. The fourth-order valence-corrected chi connectivity index (χ4v) is 3.12. The molecular weight excluding hydrogens is 265 g/mol. The van der Waals surface area contributed by atoms with Gasteiger partial charge in [-0.05, 0) is 36.8 Å². The summed E-state index contributed by atoms with van der Waals surface area (Å²) in [5.41, 5.74) is 7.17. The van der Waals surface area contributed by atoms with Crippen molar-refractivity contribution in [3.8, 4) is 0 Å². The van der Waals surface area contributed by atoms with Crippen molar-refractivity contribution in [1.29, 1.82) is 0 Å². The van der Waals surface area contributed by atoms with Crippen LogP contribution in [0.15, 0.2) is 47.4 Å². The monoisotopic (exact) mass is 279 g/mol. The van der Waals surface area contributed by atoms with E-state index in [-0.39, 0.29) is 16.3 Å². The van der Waals surface area contributed by atoms with Crippen molar-refractivity contribution in [2.75, 3.05) is 5.73 Å². The van der Waals surface area contributed by atoms with Gasteiger partial charge in [-0.1, -0.05) is 23.8 Å². The molecule has 0 fully saturated rings. The van der Waals surface area contributed by atoms with Gasteiger partial charge < -0.3 is 5.73 Å². The van der Waals surface area contributed by atoms with E-state index in [2.05, 4.69) is 0 Å². The number of rotatable bonds is 3. The molecule has 0 bridgehead atoms. The van der Waals surface area contributed by atoms with Crippen molar-refractivity contribution in [3.63, 3.8) is 0 Å². The lowest BCUT2D eigenvalue weighted by Gasteiger charge is -2.07. The van der Waals surface area contributed by atoms with Crippen molar-refractivity contribution in [2.45, 2.75) is 17.6 Å². The Morgan fingerprint density at radius 1 is 1.11 bits per heavy atom. The average molecular weight is 279 g/mol. The highest BCUT2D eigenvalue weighted by atomic mass is 32.2. The Morgan fingerprint density at radius 3 is 2.32 bits per heavy atom. The first-order valence-corrected chi connectivity index (χ1v) is 7.37. The minimum atomic E-state index is -3.47. The summed E-state index contributed by atoms with van der Waals surface area (Å²) in [6.45, 7) is 1.88. The van der Waals surface area contributed by atoms with E-state index in [0.717, 1.165) is 11.6 Å². The number of nitrogen functional groups attached to an aromatic ring is 1. The molecule has 2 aromatic rings. The summed E-state index contributed by atoms with van der Waals surface area (Å²) >= 11 is 0. The Bertz CT molecular complexity index is 694. The van der Waals surface area contributed by atoms with Crippen molar-refractivity contribution >= 4 is 15.5 Å². The second-order valence-electron chi connectivity index (χ2n) is 4.42. The summed E-state index contributed by atoms with van der Waals surface area (Å²) in [5.74, 6) is -0.712. The van der Waals surface area contributed by atoms with Crippen LogP contribution in [-0.2, 0) is 15.6 Å². The van der Waals surface area contributed by atoms with Gasteiger partial charge in [0, 0.05) is 5.69 Å². The summed E-state index contributed by atoms with van der Waals surface area (Å²) in [4.78, 5) is 0.238. The Labute approximate surface area is 111 Å². The second kappa shape index (κ2) is 5.01. The lowest BCUT2D eigenvalue weighted by atomic mass is 10.2. The number of benzene rings is 2. The van der Waals surface area contributed by atoms with E-state index in [1.165, 1.54) is 12.1 Å². The molecule has 0 amide bonds. The Hall–Kier alpha value is -1.88. The summed E-state index contributed by atoms with van der Waals surface area (Å²) in [6, 6.07) is 10.3. The molecule has 0 aromatic heterocycles. The summed E-state index contributed by atoms with van der Waals surface area (Å²) in [5, 5.41) is 0. The zero-order valence-electron chi connectivity index (χ0n) is 10.4. The Balaban J connectivity index is 2.33. The fraction of sp³-hybridized carbons (Fsp3) is 0.143. The van der Waals surface area contributed by atoms with E-state index in [9.17, 15) is 12.8 Å². The Kier molecular flexibility index (Phi) is 3.57. The number of anilines is 1. The predicted octanol–water partition coefficient (Wildman–Crippen LogP) is 2.69. The van der Waals surface area contributed by atoms with Crippen LogP contribution in [0.2, 0.25) is 0 Å². The molecule has 0 radical (unpaired) electrons. The number of sulfone groups is 1. The van der Waals surface area contributed by atoms with Crippen LogP contribution in [0, 0.1) is 12.7 Å². The maximum absolute atomic E-state index is 12.9. The molecule has 0 aliphatic rings. The highest BCUT2D eigenvalue weighted by molar-refractivity contribution is 7.90. The van der Waals surface area contributed by atoms with E-state index in [0.29, 0.717) is 5.56 Å². The minimum Gasteiger partial charge on any atom is -0.398 e. The third-order valence-electron chi connectivity index (χ3n) is 2.83. The quantitative estimate of drug-likeness (QED) is 0.879. The van der Waals surface area contributed by atoms with E-state index in [1.54, 1.807) is 24.3 Å². The minimum absolute atomic E-state index is 0.149. The van der Waals surface area contributed by atoms with Crippen molar-refractivity contribution in [3.05, 3.63) is 59.4 Å². The first kappa shape index (κ1) is 13.5. The van der Waals surface area contributed by atoms with Gasteiger partial charge in [-0.15, -0.1) is 0 Å². The number of hydrogen-bond acceptors (Lipinski definition) is 3. The second-order valence-corrected chi connectivity index (χ2v) is 6.40. The van der Waals surface area contributed by atoms with Gasteiger partial charge in [0.25, 0.3) is 0 Å². The van der Waals surface area contributed by atoms with Crippen LogP contribution in [-0.4, -0.2) is 8.42 Å². The molecule has 100 valence electrons. The van der Waals surface area contributed by atoms with Crippen LogP contribution >= 0.6 is 0 Å². The van der Waals surface area contributed by atoms with Crippen LogP contribution < -0.4 is 5.73 Å². The molecule has 0 aliphatic heterocycles. The molecule has 0 heterocycles. The molecule has 2 rings (SSSR count). The molecule has 3 nitrogen and oxygen atoms in total. The van der Waals surface area contributed by atoms with Crippen LogP contribution in [0.1, 0.15) is 11.1 Å². The predicted molar refractivity (Wildman–Crippen MR) is 72.9 cm³/mol. The smallest absolute Gasteiger partial charge is 0.182 e. The SMILES string of the molecule is Cc1ccc(S(=O)(=O)Cc2ccc(F)cc2N)cc1. The van der Waals surface area contributed by atoms with E-state index < -0.39 is 15.7 Å². The molecular formula is C14H14FNO2S. The first-order chi connectivity index (χ1) is 8.88. The van der Waals surface area contributed by atoms with Crippen molar-refractivity contribution in [1.82, 2.24) is 0 Å². The van der Waals surface area contributed by atoms with Gasteiger partial charge in [0.2, 0.25) is 0 Å². The molecule has 2 N–H and O–H groups in total. The third-order valence-corrected chi connectivity index (χ3v) is 4.51. The first-order valence-electron chi connectivity index (χ1n) is 5.72. The van der Waals surface area contributed by atoms with Crippen LogP contribution in [0.25, 0.3) is 0 Å². The number of aryl methyl sites for hydroxylation is 1. The van der Waals surface area contributed by atoms with Gasteiger partial charge in [-0.2, -0.15) is 0 Å². The number of hydrogen-bond donors (Lipinski definition) is 1. The Morgan fingerprint density at radius 2 is 1.74 bits per heavy atom. The van der Waals surface area contributed by atoms with Gasteiger partial charge in [-0.25, -0.2) is 12.8 Å². The van der Waals surface area contributed by atoms with Gasteiger partial charge in [0.15, 0.2) is 9.84 Å². The largest absolute Gasteiger partial charge is 0.398 e. The zero-order valence-corrected chi connectivity index (χ0v) is 11.2. The molecule has 0 spiro atoms. The van der Waals surface area contributed by atoms with Crippen LogP contribution in [0.3, 0.4) is 0 Å². The van der Waals surface area contributed by atoms with Gasteiger partial charge in [0.1, 0.15) is 5.82 Å². The lowest BCUT2D eigenvalue weighted by Crippen LogP contribution is -2.07. The van der Waals surface area contributed by atoms with Crippen molar-refractivity contribution in [2.24, 2.45) is 0 Å². The topological polar surface area (TPSA) is 60.2 Å². The van der Waals surface area contributed by atoms with Crippen LogP contribution in [0.4, 0.5) is 10.1 Å². The fourth-order valence-electron chi connectivity index (χ4n) is 1.73. The average Bonchev–Trinajstić information content (AvgIpc) is 2.33. The van der Waals surface area contributed by atoms with Crippen LogP contribution in [0.5, 0.6) is 0 Å². The maximum atomic E-state index is 12.9. The van der Waals surface area contributed by atoms with Gasteiger partial charge >= 0.3 is 0 Å². The maximum Gasteiger partial charge on any atom is 0.182 e. The molecule has 19 heavy (non-hydrogen) atoms. The lowest BCUT2D eigenvalue weighted by molar-refractivity contribution is 0.595. The molecule has 0 saturated heterocycles. The highest BCUT2D eigenvalue weighted by Crippen LogP contribution is 2.21. The zero-order chi connectivity index (χ0) is 14.0. The summed E-state index contributed by atoms with van der Waals surface area (Å²) in [7, 11) is -3.47. The van der Waals surface area contributed by atoms with Crippen molar-refractivity contribution < 1.29 is 12.8 Å². The molecule has 0 aliphatic carbocycles. The molecule has 0 atom stereocenters. The number of halogens is 1. The molecule has 5 heteroatoms. The van der Waals surface area contributed by atoms with Gasteiger partial charge in [0.05, 0.1) is 10.6 Å². The molecule has 0 saturated carbocycles. The summed E-state index contributed by atoms with van der Waals surface area (Å²) < 4.78 is 37.3. The standard InChI is InChI=1S/C14H14FNO2S/c1-10-2-6-13(7-3-10)19(17,18)9-11-4-5-12(15)8-14(11)16/h2-8H,9,16H2,1H3.